The van der Waals surface area contributed by atoms with Crippen LogP contribution in [0.25, 0.3) is 0 Å². The summed E-state index contributed by atoms with van der Waals surface area (Å²) >= 11 is 0. The Bertz CT molecular complexity index is 184. The molecule has 0 aromatic carbocycles. The summed E-state index contributed by atoms with van der Waals surface area (Å²) in [6, 6.07) is 0. The van der Waals surface area contributed by atoms with E-state index in [4.69, 9.17) is 0 Å². The second-order valence-electron chi connectivity index (χ2n) is 7.58. The lowest BCUT2D eigenvalue weighted by molar-refractivity contribution is 0.0329. The average Bonchev–Trinajstić information content (AvgIpc) is 1.99. The summed E-state index contributed by atoms with van der Waals surface area (Å²) in [6.07, 6.45) is 1.40. The van der Waals surface area contributed by atoms with E-state index in [2.05, 4.69) is 53.5 Å². The number of hydrogen-bond donors (Lipinski definition) is 0. The van der Waals surface area contributed by atoms with Gasteiger partial charge in [-0.2, -0.15) is 0 Å². The van der Waals surface area contributed by atoms with E-state index in [0.717, 1.165) is 11.8 Å². The Hall–Kier alpha value is -0.0400. The smallest absolute Gasteiger partial charge is 0.00118 e. The predicted molar refractivity (Wildman–Crippen MR) is 68.0 cm³/mol. The minimum Gasteiger partial charge on any atom is -0.306 e. The molecule has 1 aliphatic rings. The Morgan fingerprint density at radius 1 is 0.800 bits per heavy atom. The van der Waals surface area contributed by atoms with Crippen LogP contribution in [-0.2, 0) is 0 Å². The second-order valence-corrected chi connectivity index (χ2v) is 7.58. The number of hydrogen-bond acceptors (Lipinski definition) is 1. The first-order valence-corrected chi connectivity index (χ1v) is 6.29. The van der Waals surface area contributed by atoms with Gasteiger partial charge in [-0.15, -0.1) is 0 Å². The minimum atomic E-state index is 0.457. The van der Waals surface area contributed by atoms with Crippen molar-refractivity contribution in [2.24, 2.45) is 22.7 Å². The van der Waals surface area contributed by atoms with Gasteiger partial charge < -0.3 is 4.90 Å². The first-order valence-electron chi connectivity index (χ1n) is 6.29. The van der Waals surface area contributed by atoms with Crippen LogP contribution in [0.1, 0.15) is 48.0 Å². The van der Waals surface area contributed by atoms with E-state index in [1.807, 2.05) is 0 Å². The number of likely N-dealkylation sites (tertiary alicyclic amines) is 1. The van der Waals surface area contributed by atoms with Crippen LogP contribution in [0.3, 0.4) is 0 Å². The normalized spacial score (nSPS) is 30.6. The molecule has 2 atom stereocenters. The fourth-order valence-electron chi connectivity index (χ4n) is 2.57. The summed E-state index contributed by atoms with van der Waals surface area (Å²) in [5.41, 5.74) is 0.913. The molecule has 1 saturated heterocycles. The topological polar surface area (TPSA) is 3.24 Å². The van der Waals surface area contributed by atoms with E-state index < -0.39 is 0 Å². The summed E-state index contributed by atoms with van der Waals surface area (Å²) in [4.78, 5) is 2.52. The molecule has 0 amide bonds. The maximum Gasteiger partial charge on any atom is 0.00118 e. The molecule has 1 aliphatic heterocycles. The first kappa shape index (κ1) is 13.0. The molecule has 0 bridgehead atoms. The monoisotopic (exact) mass is 211 g/mol. The zero-order chi connectivity index (χ0) is 11.9. The van der Waals surface area contributed by atoms with Crippen molar-refractivity contribution in [3.63, 3.8) is 0 Å². The summed E-state index contributed by atoms with van der Waals surface area (Å²) in [6.45, 7) is 16.9. The molecule has 0 spiro atoms. The van der Waals surface area contributed by atoms with E-state index in [-0.39, 0.29) is 0 Å². The van der Waals surface area contributed by atoms with Crippen molar-refractivity contribution in [2.75, 3.05) is 20.1 Å². The van der Waals surface area contributed by atoms with Crippen molar-refractivity contribution >= 4 is 0 Å². The van der Waals surface area contributed by atoms with E-state index in [0.29, 0.717) is 10.8 Å². The lowest BCUT2D eigenvalue weighted by atomic mass is 9.67. The van der Waals surface area contributed by atoms with Crippen molar-refractivity contribution in [3.05, 3.63) is 0 Å². The molecule has 0 saturated carbocycles. The van der Waals surface area contributed by atoms with Crippen LogP contribution in [0.5, 0.6) is 0 Å². The maximum absolute atomic E-state index is 2.52. The molecule has 15 heavy (non-hydrogen) atoms. The predicted octanol–water partition coefficient (Wildman–Crippen LogP) is 3.65. The average molecular weight is 211 g/mol. The fraction of sp³-hybridized carbons (Fsp3) is 1.00. The molecule has 0 aliphatic carbocycles. The second kappa shape index (κ2) is 4.08. The summed E-state index contributed by atoms with van der Waals surface area (Å²) in [7, 11) is 2.27. The summed E-state index contributed by atoms with van der Waals surface area (Å²) < 4.78 is 0. The van der Waals surface area contributed by atoms with Gasteiger partial charge in [-0.05, 0) is 36.1 Å². The molecule has 0 aromatic heterocycles. The van der Waals surface area contributed by atoms with Gasteiger partial charge in [0, 0.05) is 13.1 Å². The van der Waals surface area contributed by atoms with Crippen LogP contribution >= 0.6 is 0 Å². The Morgan fingerprint density at radius 3 is 1.40 bits per heavy atom. The lowest BCUT2D eigenvalue weighted by Crippen LogP contribution is -2.46. The van der Waals surface area contributed by atoms with Crippen molar-refractivity contribution in [2.45, 2.75) is 48.0 Å². The highest BCUT2D eigenvalue weighted by Gasteiger charge is 2.37. The third-order valence-electron chi connectivity index (χ3n) is 4.08. The highest BCUT2D eigenvalue weighted by atomic mass is 15.1. The SMILES string of the molecule is CN1C[C@@H](C(C)(C)C)C[C@H](C(C)(C)C)C1. The third kappa shape index (κ3) is 3.48. The molecular formula is C14H29N. The largest absolute Gasteiger partial charge is 0.306 e. The van der Waals surface area contributed by atoms with Crippen molar-refractivity contribution < 1.29 is 0 Å². The van der Waals surface area contributed by atoms with Gasteiger partial charge in [0.1, 0.15) is 0 Å². The highest BCUT2D eigenvalue weighted by molar-refractivity contribution is 4.88. The van der Waals surface area contributed by atoms with E-state index in [1.54, 1.807) is 0 Å². The molecule has 90 valence electrons. The van der Waals surface area contributed by atoms with Gasteiger partial charge in [0.15, 0.2) is 0 Å². The molecule has 0 aromatic rings. The van der Waals surface area contributed by atoms with Crippen molar-refractivity contribution in [1.82, 2.24) is 4.90 Å². The maximum atomic E-state index is 2.52. The van der Waals surface area contributed by atoms with Gasteiger partial charge in [-0.3, -0.25) is 0 Å². The summed E-state index contributed by atoms with van der Waals surface area (Å²) in [5.74, 6) is 1.70. The van der Waals surface area contributed by atoms with Crippen molar-refractivity contribution in [3.8, 4) is 0 Å². The van der Waals surface area contributed by atoms with Crippen LogP contribution in [0.15, 0.2) is 0 Å². The zero-order valence-corrected chi connectivity index (χ0v) is 11.7. The molecule has 1 rings (SSSR count). The number of nitrogens with zero attached hydrogens (tertiary/aromatic N) is 1. The Labute approximate surface area is 96.2 Å². The fourth-order valence-corrected chi connectivity index (χ4v) is 2.57. The Balaban J connectivity index is 2.73. The van der Waals surface area contributed by atoms with Gasteiger partial charge in [-0.1, -0.05) is 41.5 Å². The summed E-state index contributed by atoms with van der Waals surface area (Å²) in [5, 5.41) is 0. The van der Waals surface area contributed by atoms with Gasteiger partial charge in [-0.25, -0.2) is 0 Å². The zero-order valence-electron chi connectivity index (χ0n) is 11.7. The number of piperidine rings is 1. The molecule has 1 heterocycles. The van der Waals surface area contributed by atoms with Crippen LogP contribution in [0, 0.1) is 22.7 Å². The van der Waals surface area contributed by atoms with Crippen LogP contribution < -0.4 is 0 Å². The van der Waals surface area contributed by atoms with E-state index in [9.17, 15) is 0 Å². The molecular weight excluding hydrogens is 182 g/mol. The van der Waals surface area contributed by atoms with Crippen LogP contribution in [0.2, 0.25) is 0 Å². The van der Waals surface area contributed by atoms with Gasteiger partial charge in [0.2, 0.25) is 0 Å². The minimum absolute atomic E-state index is 0.457. The van der Waals surface area contributed by atoms with E-state index in [1.165, 1.54) is 19.5 Å². The molecule has 1 fully saturated rings. The molecule has 0 radical (unpaired) electrons. The molecule has 1 heteroatoms. The van der Waals surface area contributed by atoms with Crippen molar-refractivity contribution in [1.29, 1.82) is 0 Å². The van der Waals surface area contributed by atoms with Crippen LogP contribution in [-0.4, -0.2) is 25.0 Å². The molecule has 0 unspecified atom stereocenters. The van der Waals surface area contributed by atoms with Crippen LogP contribution in [0.4, 0.5) is 0 Å². The first-order chi connectivity index (χ1) is 6.60. The standard InChI is InChI=1S/C14H29N/c1-13(2,3)11-8-12(14(4,5)6)10-15(7)9-11/h11-12H,8-10H2,1-7H3/t11-,12-/m0/s1. The van der Waals surface area contributed by atoms with Gasteiger partial charge in [0.25, 0.3) is 0 Å². The highest BCUT2D eigenvalue weighted by Crippen LogP contribution is 2.41. The lowest BCUT2D eigenvalue weighted by Gasteiger charge is -2.46. The van der Waals surface area contributed by atoms with Gasteiger partial charge in [0.05, 0.1) is 0 Å². The molecule has 0 N–H and O–H groups in total. The van der Waals surface area contributed by atoms with Gasteiger partial charge >= 0.3 is 0 Å². The van der Waals surface area contributed by atoms with E-state index >= 15 is 0 Å². The number of rotatable bonds is 0. The Kier molecular flexibility index (Phi) is 3.55. The molecule has 1 nitrogen and oxygen atoms in total. The quantitative estimate of drug-likeness (QED) is 0.591. The Morgan fingerprint density at radius 2 is 1.13 bits per heavy atom. The third-order valence-corrected chi connectivity index (χ3v) is 4.08.